The summed E-state index contributed by atoms with van der Waals surface area (Å²) >= 11 is 7.41. The first-order valence-electron chi connectivity index (χ1n) is 16.6. The van der Waals surface area contributed by atoms with Crippen molar-refractivity contribution in [1.82, 2.24) is 34.4 Å². The van der Waals surface area contributed by atoms with E-state index >= 15 is 0 Å². The fourth-order valence-corrected chi connectivity index (χ4v) is 5.83. The number of hydrogen-bond donors (Lipinski definition) is 3. The number of carbonyl (C=O) groups excluding carboxylic acids is 1. The number of likely N-dealkylation sites (tertiary alicyclic amines) is 1. The highest BCUT2D eigenvalue weighted by atomic mass is 35.5. The molecule has 2 aromatic heterocycles. The predicted octanol–water partition coefficient (Wildman–Crippen LogP) is 5.59. The van der Waals surface area contributed by atoms with Gasteiger partial charge in [0.1, 0.15) is 17.8 Å². The van der Waals surface area contributed by atoms with Gasteiger partial charge in [0, 0.05) is 75.0 Å². The normalized spacial score (nSPS) is 15.6. The van der Waals surface area contributed by atoms with Gasteiger partial charge in [-0.15, -0.1) is 10.2 Å². The minimum atomic E-state index is -5.08. The van der Waals surface area contributed by atoms with Crippen LogP contribution in [0.15, 0.2) is 45.4 Å². The Morgan fingerprint density at radius 1 is 0.810 bits per heavy atom. The maximum absolute atomic E-state index is 13.1. The molecule has 58 heavy (non-hydrogen) atoms. The Morgan fingerprint density at radius 3 is 1.72 bits per heavy atom. The Balaban J connectivity index is 0.000000453. The molecule has 324 valence electrons. The summed E-state index contributed by atoms with van der Waals surface area (Å²) in [5, 5.41) is 31.2. The Kier molecular flexibility index (Phi) is 18.7. The van der Waals surface area contributed by atoms with Gasteiger partial charge >= 0.3 is 36.4 Å². The lowest BCUT2D eigenvalue weighted by Crippen LogP contribution is -2.50. The highest BCUT2D eigenvalue weighted by Gasteiger charge is 2.39. The zero-order chi connectivity index (χ0) is 44.0. The number of carboxylic acids is 3. The Morgan fingerprint density at radius 2 is 1.29 bits per heavy atom. The summed E-state index contributed by atoms with van der Waals surface area (Å²) in [6.07, 6.45) is -10.2. The van der Waals surface area contributed by atoms with Crippen molar-refractivity contribution in [2.75, 3.05) is 52.9 Å². The second-order valence-corrected chi connectivity index (χ2v) is 13.8. The lowest BCUT2D eigenvalue weighted by atomic mass is 9.96. The molecular weight excluding hydrogens is 849 g/mol. The number of carboxylic acid groups (broad SMARTS) is 3. The highest BCUT2D eigenvalue weighted by Crippen LogP contribution is 2.33. The van der Waals surface area contributed by atoms with Crippen molar-refractivity contribution >= 4 is 47.2 Å². The zero-order valence-corrected chi connectivity index (χ0v) is 32.0. The van der Waals surface area contributed by atoms with Gasteiger partial charge < -0.3 is 34.1 Å². The second kappa shape index (κ2) is 21.9. The van der Waals surface area contributed by atoms with Crippen LogP contribution in [0.1, 0.15) is 25.0 Å². The average molecular weight is 886 g/mol. The molecule has 4 heterocycles. The molecule has 26 heteroatoms. The van der Waals surface area contributed by atoms with E-state index in [0.717, 1.165) is 49.9 Å². The highest BCUT2D eigenvalue weighted by molar-refractivity contribution is 7.99. The van der Waals surface area contributed by atoms with E-state index in [-0.39, 0.29) is 5.91 Å². The van der Waals surface area contributed by atoms with Gasteiger partial charge in [0.05, 0.1) is 0 Å². The summed E-state index contributed by atoms with van der Waals surface area (Å²) in [7, 11) is 4.08. The number of rotatable bonds is 8. The maximum atomic E-state index is 13.1. The number of piperazine rings is 1. The van der Waals surface area contributed by atoms with Crippen LogP contribution in [0.2, 0.25) is 5.02 Å². The molecule has 0 unspecified atom stereocenters. The molecule has 0 aliphatic carbocycles. The van der Waals surface area contributed by atoms with Crippen LogP contribution in [0.4, 0.5) is 39.5 Å². The van der Waals surface area contributed by atoms with Crippen LogP contribution in [0.25, 0.3) is 11.3 Å². The number of alkyl halides is 9. The number of piperidine rings is 1. The molecule has 0 bridgehead atoms. The van der Waals surface area contributed by atoms with Crippen molar-refractivity contribution in [3.8, 4) is 11.3 Å². The van der Waals surface area contributed by atoms with Crippen LogP contribution in [0.3, 0.4) is 0 Å². The van der Waals surface area contributed by atoms with Crippen LogP contribution in [-0.4, -0.2) is 145 Å². The molecule has 0 radical (unpaired) electrons. The molecule has 1 amide bonds. The summed E-state index contributed by atoms with van der Waals surface area (Å²) in [4.78, 5) is 51.5. The Hall–Kier alpha value is -4.62. The number of nitrogens with zero attached hydrogens (tertiary/aromatic N) is 7. The lowest BCUT2D eigenvalue weighted by molar-refractivity contribution is -0.193. The van der Waals surface area contributed by atoms with Gasteiger partial charge in [0.25, 0.3) is 5.22 Å². The Bertz CT molecular complexity index is 1740. The fraction of sp³-hybridized carbons (Fsp3) is 0.531. The van der Waals surface area contributed by atoms with Crippen molar-refractivity contribution in [3.05, 3.63) is 41.4 Å². The summed E-state index contributed by atoms with van der Waals surface area (Å²) < 4.78 is 103. The Labute approximate surface area is 332 Å². The second-order valence-electron chi connectivity index (χ2n) is 12.4. The zero-order valence-electron chi connectivity index (χ0n) is 30.4. The van der Waals surface area contributed by atoms with Crippen molar-refractivity contribution in [2.24, 2.45) is 13.0 Å². The monoisotopic (exact) mass is 885 g/mol. The van der Waals surface area contributed by atoms with Gasteiger partial charge in [0.15, 0.2) is 5.16 Å². The third-order valence-electron chi connectivity index (χ3n) is 8.02. The number of aliphatic carboxylic acids is 3. The molecule has 3 aromatic rings. The maximum Gasteiger partial charge on any atom is 0.490 e. The smallest absolute Gasteiger partial charge is 0.475 e. The van der Waals surface area contributed by atoms with E-state index in [1.54, 1.807) is 6.33 Å². The number of benzene rings is 1. The lowest BCUT2D eigenvalue weighted by Gasteiger charge is -2.38. The van der Waals surface area contributed by atoms with Crippen molar-refractivity contribution in [3.63, 3.8) is 0 Å². The van der Waals surface area contributed by atoms with Crippen LogP contribution in [0.5, 0.6) is 0 Å². The molecule has 0 saturated carbocycles. The molecule has 2 aliphatic rings. The van der Waals surface area contributed by atoms with E-state index in [4.69, 9.17) is 50.7 Å². The molecule has 2 saturated heterocycles. The molecule has 2 fully saturated rings. The molecule has 15 nitrogen and oxygen atoms in total. The van der Waals surface area contributed by atoms with Crippen LogP contribution >= 0.6 is 23.4 Å². The standard InChI is InChI=1S/C26H34ClN7O2S.3C2HF3O2/c1-31-11-9-19(10-12-31)17-33-13-15-34(16-14-33)23(35)8-7-22-24(20-3-5-21(27)6-4-20)29-26(36-22)37-25-30-28-18-32(25)2;3*3-2(4,5)1(6)7/h3-6,18-19H,7-17H2,1-2H3;3*(H,6,7). The van der Waals surface area contributed by atoms with E-state index in [1.165, 1.54) is 37.7 Å². The molecule has 0 spiro atoms. The number of amides is 1. The van der Waals surface area contributed by atoms with E-state index in [2.05, 4.69) is 27.0 Å². The minimum absolute atomic E-state index is 0.167. The van der Waals surface area contributed by atoms with E-state index in [0.29, 0.717) is 34.0 Å². The number of aryl methyl sites for hydroxylation is 2. The van der Waals surface area contributed by atoms with Crippen molar-refractivity contribution in [2.45, 2.75) is 54.6 Å². The van der Waals surface area contributed by atoms with E-state index < -0.39 is 36.4 Å². The summed E-state index contributed by atoms with van der Waals surface area (Å²) in [6, 6.07) is 7.51. The number of oxazole rings is 1. The number of hydrogen-bond acceptors (Lipinski definition) is 11. The first-order valence-corrected chi connectivity index (χ1v) is 17.8. The van der Waals surface area contributed by atoms with Gasteiger partial charge in [-0.1, -0.05) is 23.7 Å². The van der Waals surface area contributed by atoms with Gasteiger partial charge in [-0.05, 0) is 51.0 Å². The third-order valence-corrected chi connectivity index (χ3v) is 9.17. The fourth-order valence-electron chi connectivity index (χ4n) is 4.99. The first-order chi connectivity index (χ1) is 26.8. The SMILES string of the molecule is CN1CCC(CN2CCN(C(=O)CCc3oc(Sc4nncn4C)nc3-c3ccc(Cl)cc3)CC2)CC1.O=C(O)C(F)(F)F.O=C(O)C(F)(F)F.O=C(O)C(F)(F)F. The summed E-state index contributed by atoms with van der Waals surface area (Å²) in [5.41, 5.74) is 1.64. The number of carbonyl (C=O) groups is 4. The molecular formula is C32H37ClF9N7O8S. The van der Waals surface area contributed by atoms with Crippen LogP contribution < -0.4 is 0 Å². The summed E-state index contributed by atoms with van der Waals surface area (Å²) in [6.45, 7) is 7.04. The van der Waals surface area contributed by atoms with Crippen LogP contribution in [-0.2, 0) is 32.6 Å². The molecule has 2 aliphatic heterocycles. The van der Waals surface area contributed by atoms with Crippen molar-refractivity contribution < 1.29 is 78.4 Å². The summed E-state index contributed by atoms with van der Waals surface area (Å²) in [5.74, 6) is -6.63. The number of aromatic nitrogens is 4. The van der Waals surface area contributed by atoms with Crippen molar-refractivity contribution in [1.29, 1.82) is 0 Å². The largest absolute Gasteiger partial charge is 0.490 e. The average Bonchev–Trinajstić information content (AvgIpc) is 3.73. The molecule has 3 N–H and O–H groups in total. The minimum Gasteiger partial charge on any atom is -0.475 e. The first kappa shape index (κ1) is 49.5. The molecule has 5 rings (SSSR count). The topological polar surface area (TPSA) is 195 Å². The van der Waals surface area contributed by atoms with Gasteiger partial charge in [-0.2, -0.15) is 39.5 Å². The molecule has 1 aromatic carbocycles. The van der Waals surface area contributed by atoms with E-state index in [9.17, 15) is 44.3 Å². The van der Waals surface area contributed by atoms with Gasteiger partial charge in [-0.25, -0.2) is 19.4 Å². The van der Waals surface area contributed by atoms with E-state index in [1.807, 2.05) is 40.8 Å². The molecule has 0 atom stereocenters. The van der Waals surface area contributed by atoms with Crippen LogP contribution in [0, 0.1) is 5.92 Å². The predicted molar refractivity (Wildman–Crippen MR) is 185 cm³/mol. The third kappa shape index (κ3) is 17.5. The number of halogens is 10. The van der Waals surface area contributed by atoms with Gasteiger partial charge in [-0.3, -0.25) is 9.69 Å². The van der Waals surface area contributed by atoms with Gasteiger partial charge in [0.2, 0.25) is 5.91 Å². The quantitative estimate of drug-likeness (QED) is 0.237.